The van der Waals surface area contributed by atoms with Crippen LogP contribution in [-0.2, 0) is 0 Å². The van der Waals surface area contributed by atoms with Gasteiger partial charge in [0.25, 0.3) is 0 Å². The van der Waals surface area contributed by atoms with Crippen LogP contribution in [0.15, 0.2) is 0 Å². The van der Waals surface area contributed by atoms with E-state index in [-0.39, 0.29) is 0 Å². The van der Waals surface area contributed by atoms with Crippen LogP contribution in [0.2, 0.25) is 0 Å². The van der Waals surface area contributed by atoms with Gasteiger partial charge in [-0.05, 0) is 68.6 Å². The van der Waals surface area contributed by atoms with Crippen LogP contribution in [0.1, 0.15) is 90.4 Å². The Morgan fingerprint density at radius 3 is 2.09 bits per heavy atom. The second-order valence-electron chi connectivity index (χ2n) is 8.19. The highest BCUT2D eigenvalue weighted by Gasteiger charge is 2.34. The number of nitriles is 1. The molecule has 0 amide bonds. The van der Waals surface area contributed by atoms with Crippen LogP contribution in [0.25, 0.3) is 0 Å². The molecule has 2 nitrogen and oxygen atoms in total. The fourth-order valence-electron chi connectivity index (χ4n) is 5.27. The first-order valence-electron chi connectivity index (χ1n) is 10.3. The van der Waals surface area contributed by atoms with Crippen LogP contribution in [0, 0.1) is 40.9 Å². The quantitative estimate of drug-likeness (QED) is 0.583. The average Bonchev–Trinajstić information content (AvgIpc) is 2.61. The summed E-state index contributed by atoms with van der Waals surface area (Å²) in [6.07, 6.45) is 16.8. The molecule has 0 aromatic rings. The zero-order chi connectivity index (χ0) is 16.5. The first-order chi connectivity index (χ1) is 11.3. The van der Waals surface area contributed by atoms with E-state index in [1.54, 1.807) is 0 Å². The Hall–Kier alpha value is -0.550. The van der Waals surface area contributed by atoms with Crippen LogP contribution in [0.3, 0.4) is 0 Å². The van der Waals surface area contributed by atoms with Gasteiger partial charge in [0.05, 0.1) is 6.07 Å². The third-order valence-corrected chi connectivity index (χ3v) is 6.74. The third-order valence-electron chi connectivity index (χ3n) is 6.74. The van der Waals surface area contributed by atoms with Gasteiger partial charge in [-0.15, -0.1) is 0 Å². The molecule has 1 atom stereocenters. The maximum atomic E-state index is 9.54. The van der Waals surface area contributed by atoms with Crippen molar-refractivity contribution < 1.29 is 5.11 Å². The summed E-state index contributed by atoms with van der Waals surface area (Å²) in [6.45, 7) is 2.64. The van der Waals surface area contributed by atoms with Gasteiger partial charge in [0.2, 0.25) is 0 Å². The molecule has 0 heterocycles. The van der Waals surface area contributed by atoms with Crippen LogP contribution in [0.5, 0.6) is 0 Å². The molecule has 2 heteroatoms. The van der Waals surface area contributed by atoms with E-state index < -0.39 is 0 Å². The van der Waals surface area contributed by atoms with Crippen molar-refractivity contribution in [3.63, 3.8) is 0 Å². The zero-order valence-electron chi connectivity index (χ0n) is 15.2. The van der Waals surface area contributed by atoms with E-state index in [1.165, 1.54) is 64.2 Å². The van der Waals surface area contributed by atoms with Crippen LogP contribution >= 0.6 is 0 Å². The Morgan fingerprint density at radius 1 is 0.957 bits per heavy atom. The molecule has 0 aliphatic heterocycles. The summed E-state index contributed by atoms with van der Waals surface area (Å²) in [5.74, 6) is 3.61. The van der Waals surface area contributed by atoms with Crippen LogP contribution < -0.4 is 0 Å². The van der Waals surface area contributed by atoms with Crippen molar-refractivity contribution in [3.05, 3.63) is 0 Å². The minimum atomic E-state index is 0.301. The van der Waals surface area contributed by atoms with E-state index in [0.29, 0.717) is 12.5 Å². The second-order valence-corrected chi connectivity index (χ2v) is 8.19. The molecule has 1 unspecified atom stereocenters. The number of aliphatic hydroxyl groups excluding tert-OH is 1. The normalized spacial score (nSPS) is 33.1. The lowest BCUT2D eigenvalue weighted by atomic mass is 9.65. The third kappa shape index (κ3) is 5.79. The number of unbranched alkanes of at least 4 members (excludes halogenated alkanes) is 2. The molecule has 0 spiro atoms. The Kier molecular flexibility index (Phi) is 8.45. The standard InChI is InChI=1S/C21H37NO/c1-2-3-4-5-17-6-10-19(11-7-17)21(14-15-23)20-12-8-18(16-22)9-13-20/h17-21,23H,2-15H2,1H3. The Morgan fingerprint density at radius 2 is 1.57 bits per heavy atom. The van der Waals surface area contributed by atoms with Gasteiger partial charge in [-0.1, -0.05) is 45.4 Å². The highest BCUT2D eigenvalue weighted by atomic mass is 16.3. The van der Waals surface area contributed by atoms with Gasteiger partial charge < -0.3 is 5.11 Å². The fraction of sp³-hybridized carbons (Fsp3) is 0.952. The van der Waals surface area contributed by atoms with E-state index in [1.807, 2.05) is 0 Å². The molecule has 2 aliphatic carbocycles. The summed E-state index contributed by atoms with van der Waals surface area (Å²) in [7, 11) is 0. The van der Waals surface area contributed by atoms with Crippen molar-refractivity contribution >= 4 is 0 Å². The number of hydrogen-bond acceptors (Lipinski definition) is 2. The van der Waals surface area contributed by atoms with Crippen molar-refractivity contribution in [2.45, 2.75) is 90.4 Å². The number of nitrogens with zero attached hydrogens (tertiary/aromatic N) is 1. The van der Waals surface area contributed by atoms with Crippen molar-refractivity contribution in [1.82, 2.24) is 0 Å². The summed E-state index contributed by atoms with van der Waals surface area (Å²) < 4.78 is 0. The molecule has 0 radical (unpaired) electrons. The lowest BCUT2D eigenvalue weighted by Gasteiger charge is -2.40. The predicted octanol–water partition coefficient (Wildman–Crippen LogP) is 5.70. The Bertz CT molecular complexity index is 345. The molecular weight excluding hydrogens is 282 g/mol. The molecule has 0 aromatic carbocycles. The lowest BCUT2D eigenvalue weighted by molar-refractivity contribution is 0.0918. The van der Waals surface area contributed by atoms with Crippen molar-refractivity contribution in [1.29, 1.82) is 5.26 Å². The van der Waals surface area contributed by atoms with Crippen LogP contribution in [0.4, 0.5) is 0 Å². The minimum Gasteiger partial charge on any atom is -0.396 e. The second kappa shape index (κ2) is 10.3. The number of aliphatic hydroxyl groups is 1. The lowest BCUT2D eigenvalue weighted by Crippen LogP contribution is -2.31. The topological polar surface area (TPSA) is 44.0 Å². The van der Waals surface area contributed by atoms with Gasteiger partial charge >= 0.3 is 0 Å². The summed E-state index contributed by atoms with van der Waals surface area (Å²) in [5.41, 5.74) is 0. The smallest absolute Gasteiger partial charge is 0.0655 e. The van der Waals surface area contributed by atoms with Gasteiger partial charge in [0.1, 0.15) is 0 Å². The highest BCUT2D eigenvalue weighted by Crippen LogP contribution is 2.44. The average molecular weight is 320 g/mol. The maximum Gasteiger partial charge on any atom is 0.0655 e. The first kappa shape index (κ1) is 18.8. The van der Waals surface area contributed by atoms with E-state index in [9.17, 15) is 5.11 Å². The highest BCUT2D eigenvalue weighted by molar-refractivity contribution is 4.90. The molecular formula is C21H37NO. The molecule has 2 rings (SSSR count). The minimum absolute atomic E-state index is 0.301. The van der Waals surface area contributed by atoms with E-state index >= 15 is 0 Å². The molecule has 2 fully saturated rings. The Labute approximate surface area is 143 Å². The summed E-state index contributed by atoms with van der Waals surface area (Å²) in [4.78, 5) is 0. The van der Waals surface area contributed by atoms with E-state index in [2.05, 4.69) is 13.0 Å². The van der Waals surface area contributed by atoms with Crippen LogP contribution in [-0.4, -0.2) is 11.7 Å². The summed E-state index contributed by atoms with van der Waals surface area (Å²) >= 11 is 0. The predicted molar refractivity (Wildman–Crippen MR) is 95.8 cm³/mol. The van der Waals surface area contributed by atoms with Crippen molar-refractivity contribution in [3.8, 4) is 6.07 Å². The van der Waals surface area contributed by atoms with Crippen molar-refractivity contribution in [2.24, 2.45) is 29.6 Å². The monoisotopic (exact) mass is 319 g/mol. The molecule has 23 heavy (non-hydrogen) atoms. The van der Waals surface area contributed by atoms with Gasteiger partial charge in [-0.2, -0.15) is 5.26 Å². The van der Waals surface area contributed by atoms with Crippen molar-refractivity contribution in [2.75, 3.05) is 6.61 Å². The van der Waals surface area contributed by atoms with Gasteiger partial charge in [-0.25, -0.2) is 0 Å². The summed E-state index contributed by atoms with van der Waals surface area (Å²) in [6, 6.07) is 2.46. The molecule has 2 aliphatic rings. The zero-order valence-corrected chi connectivity index (χ0v) is 15.2. The molecule has 0 aromatic heterocycles. The van der Waals surface area contributed by atoms with Gasteiger partial charge in [0, 0.05) is 12.5 Å². The molecule has 0 saturated heterocycles. The number of rotatable bonds is 8. The molecule has 2 saturated carbocycles. The largest absolute Gasteiger partial charge is 0.396 e. The fourth-order valence-corrected chi connectivity index (χ4v) is 5.27. The number of hydrogen-bond donors (Lipinski definition) is 1. The van der Waals surface area contributed by atoms with E-state index in [0.717, 1.165) is 42.9 Å². The molecule has 132 valence electrons. The first-order valence-corrected chi connectivity index (χ1v) is 10.3. The molecule has 1 N–H and O–H groups in total. The SMILES string of the molecule is CCCCCC1CCC(C(CCO)C2CCC(C#N)CC2)CC1. The van der Waals surface area contributed by atoms with Gasteiger partial charge in [-0.3, -0.25) is 0 Å². The summed E-state index contributed by atoms with van der Waals surface area (Å²) in [5, 5.41) is 18.6. The Balaban J connectivity index is 1.79. The van der Waals surface area contributed by atoms with E-state index in [4.69, 9.17) is 5.26 Å². The maximum absolute atomic E-state index is 9.54. The molecule has 0 bridgehead atoms. The van der Waals surface area contributed by atoms with Gasteiger partial charge in [0.15, 0.2) is 0 Å².